The van der Waals surface area contributed by atoms with E-state index in [1.807, 2.05) is 60.7 Å². The Bertz CT molecular complexity index is 1410. The van der Waals surface area contributed by atoms with E-state index in [0.29, 0.717) is 0 Å². The van der Waals surface area contributed by atoms with Crippen LogP contribution in [0.15, 0.2) is 108 Å². The molecule has 32 heavy (non-hydrogen) atoms. The molecule has 0 spiro atoms. The van der Waals surface area contributed by atoms with Crippen LogP contribution in [0.1, 0.15) is 21.5 Å². The minimum atomic E-state index is -0.919. The highest BCUT2D eigenvalue weighted by Crippen LogP contribution is 2.31. The van der Waals surface area contributed by atoms with Gasteiger partial charge in [0.05, 0.1) is 5.56 Å². The first-order valence-electron chi connectivity index (χ1n) is 10.4. The summed E-state index contributed by atoms with van der Waals surface area (Å²) in [7, 11) is 0. The van der Waals surface area contributed by atoms with Gasteiger partial charge in [-0.1, -0.05) is 84.9 Å². The first-order valence-corrected chi connectivity index (χ1v) is 10.4. The Balaban J connectivity index is 1.35. The van der Waals surface area contributed by atoms with Gasteiger partial charge in [-0.05, 0) is 52.6 Å². The molecule has 0 amide bonds. The van der Waals surface area contributed by atoms with Crippen LogP contribution in [0.3, 0.4) is 0 Å². The first-order chi connectivity index (χ1) is 15.7. The molecule has 1 heterocycles. The molecule has 0 saturated heterocycles. The molecule has 0 bridgehead atoms. The van der Waals surface area contributed by atoms with Crippen molar-refractivity contribution in [3.63, 3.8) is 0 Å². The maximum Gasteiger partial charge on any atom is 0.335 e. The van der Waals surface area contributed by atoms with Crippen molar-refractivity contribution in [2.45, 2.75) is 0 Å². The molecule has 1 aromatic heterocycles. The number of aromatic carboxylic acids is 1. The van der Waals surface area contributed by atoms with E-state index in [4.69, 9.17) is 9.52 Å². The summed E-state index contributed by atoms with van der Waals surface area (Å²) in [6.07, 6.45) is 3.97. The fraction of sp³-hybridized carbons (Fsp3) is 0. The standard InChI is InChI=1S/C29H20O3/c30-29(31)24-14-10-21(11-15-24)7-6-20-8-12-23(13-9-20)28-19-26-18-25(16-17-27(26)32-28)22-4-2-1-3-5-22/h1-19H,(H,30,31). The van der Waals surface area contributed by atoms with Crippen LogP contribution >= 0.6 is 0 Å². The molecule has 0 aliphatic rings. The van der Waals surface area contributed by atoms with Gasteiger partial charge >= 0.3 is 5.97 Å². The summed E-state index contributed by atoms with van der Waals surface area (Å²) in [4.78, 5) is 11.0. The minimum absolute atomic E-state index is 0.285. The molecule has 0 atom stereocenters. The van der Waals surface area contributed by atoms with Crippen LogP contribution in [0, 0.1) is 0 Å². The zero-order chi connectivity index (χ0) is 21.9. The van der Waals surface area contributed by atoms with Crippen molar-refractivity contribution in [2.75, 3.05) is 0 Å². The van der Waals surface area contributed by atoms with Crippen LogP contribution in [0.5, 0.6) is 0 Å². The summed E-state index contributed by atoms with van der Waals surface area (Å²) in [6.45, 7) is 0. The molecule has 1 N–H and O–H groups in total. The number of hydrogen-bond donors (Lipinski definition) is 1. The Morgan fingerprint density at radius 3 is 1.94 bits per heavy atom. The van der Waals surface area contributed by atoms with Crippen LogP contribution in [0.2, 0.25) is 0 Å². The van der Waals surface area contributed by atoms with Crippen molar-refractivity contribution in [1.29, 1.82) is 0 Å². The van der Waals surface area contributed by atoms with Crippen LogP contribution < -0.4 is 0 Å². The Morgan fingerprint density at radius 1 is 0.656 bits per heavy atom. The fourth-order valence-corrected chi connectivity index (χ4v) is 3.68. The lowest BCUT2D eigenvalue weighted by molar-refractivity contribution is 0.0697. The Kier molecular flexibility index (Phi) is 5.14. The number of carbonyl (C=O) groups is 1. The Labute approximate surface area is 185 Å². The zero-order valence-electron chi connectivity index (χ0n) is 17.2. The maximum absolute atomic E-state index is 11.0. The second kappa shape index (κ2) is 8.40. The van der Waals surface area contributed by atoms with Crippen LogP contribution in [0.25, 0.3) is 45.6 Å². The van der Waals surface area contributed by atoms with E-state index in [1.54, 1.807) is 24.3 Å². The van der Waals surface area contributed by atoms with E-state index in [9.17, 15) is 4.79 Å². The third-order valence-electron chi connectivity index (χ3n) is 5.44. The largest absolute Gasteiger partial charge is 0.478 e. The Hall–Kier alpha value is -4.37. The zero-order valence-corrected chi connectivity index (χ0v) is 17.2. The van der Waals surface area contributed by atoms with Gasteiger partial charge in [0, 0.05) is 10.9 Å². The number of fused-ring (bicyclic) bond motifs is 1. The van der Waals surface area contributed by atoms with E-state index >= 15 is 0 Å². The minimum Gasteiger partial charge on any atom is -0.478 e. The number of carboxylic acids is 1. The van der Waals surface area contributed by atoms with E-state index in [0.717, 1.165) is 33.4 Å². The second-order valence-corrected chi connectivity index (χ2v) is 7.61. The van der Waals surface area contributed by atoms with Gasteiger partial charge in [0.15, 0.2) is 0 Å². The number of carboxylic acid groups (broad SMARTS) is 1. The maximum atomic E-state index is 11.0. The molecule has 0 aliphatic carbocycles. The normalized spacial score (nSPS) is 11.2. The quantitative estimate of drug-likeness (QED) is 0.300. The Morgan fingerprint density at radius 2 is 1.28 bits per heavy atom. The van der Waals surface area contributed by atoms with Gasteiger partial charge in [0.25, 0.3) is 0 Å². The average Bonchev–Trinajstić information content (AvgIpc) is 3.27. The van der Waals surface area contributed by atoms with Crippen LogP contribution in [0.4, 0.5) is 0 Å². The second-order valence-electron chi connectivity index (χ2n) is 7.61. The molecule has 0 radical (unpaired) electrons. The summed E-state index contributed by atoms with van der Waals surface area (Å²) in [5.74, 6) is -0.0806. The van der Waals surface area contributed by atoms with Crippen molar-refractivity contribution in [2.24, 2.45) is 0 Å². The molecule has 154 valence electrons. The molecule has 4 aromatic carbocycles. The van der Waals surface area contributed by atoms with Crippen LogP contribution in [-0.4, -0.2) is 11.1 Å². The molecule has 5 rings (SSSR count). The van der Waals surface area contributed by atoms with E-state index < -0.39 is 5.97 Å². The van der Waals surface area contributed by atoms with Gasteiger partial charge in [0.2, 0.25) is 0 Å². The van der Waals surface area contributed by atoms with E-state index in [-0.39, 0.29) is 5.56 Å². The predicted molar refractivity (Wildman–Crippen MR) is 129 cm³/mol. The topological polar surface area (TPSA) is 50.4 Å². The van der Waals surface area contributed by atoms with Gasteiger partial charge < -0.3 is 9.52 Å². The number of furan rings is 1. The fourth-order valence-electron chi connectivity index (χ4n) is 3.68. The SMILES string of the molecule is O=C(O)c1ccc(C=Cc2ccc(-c3cc4cc(-c5ccccc5)ccc4o3)cc2)cc1. The molecular formula is C29H20O3. The molecule has 0 saturated carbocycles. The summed E-state index contributed by atoms with van der Waals surface area (Å²) >= 11 is 0. The first kappa shape index (κ1) is 19.6. The van der Waals surface area contributed by atoms with Gasteiger partial charge in [-0.3, -0.25) is 0 Å². The van der Waals surface area contributed by atoms with Crippen molar-refractivity contribution in [3.8, 4) is 22.5 Å². The number of benzene rings is 4. The average molecular weight is 416 g/mol. The van der Waals surface area contributed by atoms with Crippen molar-refractivity contribution >= 4 is 29.1 Å². The van der Waals surface area contributed by atoms with Crippen LogP contribution in [-0.2, 0) is 0 Å². The van der Waals surface area contributed by atoms with Crippen molar-refractivity contribution in [1.82, 2.24) is 0 Å². The van der Waals surface area contributed by atoms with Crippen molar-refractivity contribution in [3.05, 3.63) is 120 Å². The van der Waals surface area contributed by atoms with Gasteiger partial charge in [-0.2, -0.15) is 0 Å². The lowest BCUT2D eigenvalue weighted by Gasteiger charge is -2.00. The third kappa shape index (κ3) is 4.09. The summed E-state index contributed by atoms with van der Waals surface area (Å²) in [6, 6.07) is 33.6. The molecule has 3 heteroatoms. The highest BCUT2D eigenvalue weighted by molar-refractivity contribution is 5.88. The number of rotatable bonds is 5. The lowest BCUT2D eigenvalue weighted by atomic mass is 10.0. The molecule has 0 aliphatic heterocycles. The third-order valence-corrected chi connectivity index (χ3v) is 5.44. The van der Waals surface area contributed by atoms with E-state index in [2.05, 4.69) is 30.3 Å². The molecule has 3 nitrogen and oxygen atoms in total. The summed E-state index contributed by atoms with van der Waals surface area (Å²) in [5.41, 5.74) is 6.53. The molecule has 0 fully saturated rings. The summed E-state index contributed by atoms with van der Waals surface area (Å²) < 4.78 is 6.08. The lowest BCUT2D eigenvalue weighted by Crippen LogP contribution is -1.94. The monoisotopic (exact) mass is 416 g/mol. The molecular weight excluding hydrogens is 396 g/mol. The number of hydrogen-bond acceptors (Lipinski definition) is 2. The van der Waals surface area contributed by atoms with E-state index in [1.165, 1.54) is 11.1 Å². The smallest absolute Gasteiger partial charge is 0.335 e. The highest BCUT2D eigenvalue weighted by atomic mass is 16.4. The molecule has 0 unspecified atom stereocenters. The van der Waals surface area contributed by atoms with Gasteiger partial charge in [-0.15, -0.1) is 0 Å². The predicted octanol–water partition coefficient (Wildman–Crippen LogP) is 7.64. The van der Waals surface area contributed by atoms with Gasteiger partial charge in [-0.25, -0.2) is 4.79 Å². The highest BCUT2D eigenvalue weighted by Gasteiger charge is 2.08. The van der Waals surface area contributed by atoms with Crippen molar-refractivity contribution < 1.29 is 14.3 Å². The molecule has 5 aromatic rings. The summed E-state index contributed by atoms with van der Waals surface area (Å²) in [5, 5.41) is 10.1. The van der Waals surface area contributed by atoms with Gasteiger partial charge in [0.1, 0.15) is 11.3 Å².